The molecule has 0 aliphatic heterocycles. The summed E-state index contributed by atoms with van der Waals surface area (Å²) in [5, 5.41) is 0. The summed E-state index contributed by atoms with van der Waals surface area (Å²) in [6, 6.07) is 16.2. The Balaban J connectivity index is 1.48. The van der Waals surface area contributed by atoms with Gasteiger partial charge in [0.25, 0.3) is 0 Å². The SMILES string of the molecule is CCCCCCCCCCc1ccc(-c2ncc(-c3ccc(OC(C)C(=O)OCC)cc3)cn2)cc1. The van der Waals surface area contributed by atoms with Gasteiger partial charge in [-0.05, 0) is 49.9 Å². The fourth-order valence-electron chi connectivity index (χ4n) is 4.15. The van der Waals surface area contributed by atoms with Crippen molar-refractivity contribution in [3.05, 3.63) is 66.5 Å². The molecule has 0 amide bonds. The molecule has 3 aromatic rings. The number of unbranched alkanes of at least 4 members (excludes halogenated alkanes) is 7. The molecule has 3 rings (SSSR count). The number of carbonyl (C=O) groups is 1. The van der Waals surface area contributed by atoms with Crippen molar-refractivity contribution in [3.8, 4) is 28.3 Å². The van der Waals surface area contributed by atoms with E-state index in [0.29, 0.717) is 12.4 Å². The minimum atomic E-state index is -0.648. The Hall–Kier alpha value is -3.21. The molecule has 1 heterocycles. The Morgan fingerprint density at radius 3 is 1.94 bits per heavy atom. The molecule has 0 saturated carbocycles. The zero-order chi connectivity index (χ0) is 25.6. The van der Waals surface area contributed by atoms with Crippen LogP contribution in [0.5, 0.6) is 5.75 Å². The van der Waals surface area contributed by atoms with Gasteiger partial charge in [0.1, 0.15) is 5.75 Å². The van der Waals surface area contributed by atoms with E-state index in [4.69, 9.17) is 9.47 Å². The van der Waals surface area contributed by atoms with Crippen LogP contribution in [-0.4, -0.2) is 28.6 Å². The van der Waals surface area contributed by atoms with Crippen molar-refractivity contribution in [3.63, 3.8) is 0 Å². The molecule has 0 spiro atoms. The summed E-state index contributed by atoms with van der Waals surface area (Å²) in [7, 11) is 0. The highest BCUT2D eigenvalue weighted by Gasteiger charge is 2.15. The number of nitrogens with zero attached hydrogens (tertiary/aromatic N) is 2. The number of hydrogen-bond acceptors (Lipinski definition) is 5. The lowest BCUT2D eigenvalue weighted by atomic mass is 10.0. The third-order valence-electron chi connectivity index (χ3n) is 6.30. The number of benzene rings is 2. The molecule has 0 N–H and O–H groups in total. The third kappa shape index (κ3) is 8.78. The first-order valence-corrected chi connectivity index (χ1v) is 13.5. The maximum Gasteiger partial charge on any atom is 0.347 e. The second-order valence-corrected chi connectivity index (χ2v) is 9.25. The second kappa shape index (κ2) is 15.0. The van der Waals surface area contributed by atoms with Gasteiger partial charge in [-0.25, -0.2) is 14.8 Å². The Labute approximate surface area is 216 Å². The fraction of sp³-hybridized carbons (Fsp3) is 0.452. The van der Waals surface area contributed by atoms with Crippen molar-refractivity contribution in [2.75, 3.05) is 6.61 Å². The predicted octanol–water partition coefficient (Wildman–Crippen LogP) is 7.82. The predicted molar refractivity (Wildman–Crippen MR) is 146 cm³/mol. The first-order valence-electron chi connectivity index (χ1n) is 13.5. The first-order chi connectivity index (χ1) is 17.6. The van der Waals surface area contributed by atoms with E-state index < -0.39 is 6.10 Å². The molecule has 1 aromatic heterocycles. The topological polar surface area (TPSA) is 61.3 Å². The normalized spacial score (nSPS) is 11.8. The van der Waals surface area contributed by atoms with E-state index in [1.807, 2.05) is 36.7 Å². The number of esters is 1. The van der Waals surface area contributed by atoms with Crippen LogP contribution in [0.4, 0.5) is 0 Å². The van der Waals surface area contributed by atoms with Gasteiger partial charge in [0, 0.05) is 23.5 Å². The summed E-state index contributed by atoms with van der Waals surface area (Å²) in [5.41, 5.74) is 4.31. The molecule has 5 heteroatoms. The number of aryl methyl sites for hydroxylation is 1. The van der Waals surface area contributed by atoms with Gasteiger partial charge in [-0.2, -0.15) is 0 Å². The Morgan fingerprint density at radius 2 is 1.33 bits per heavy atom. The van der Waals surface area contributed by atoms with Crippen LogP contribution in [0.1, 0.15) is 77.7 Å². The molecule has 192 valence electrons. The van der Waals surface area contributed by atoms with Crippen molar-refractivity contribution >= 4 is 5.97 Å². The van der Waals surface area contributed by atoms with Crippen molar-refractivity contribution < 1.29 is 14.3 Å². The van der Waals surface area contributed by atoms with Crippen LogP contribution in [0.3, 0.4) is 0 Å². The molecular weight excluding hydrogens is 448 g/mol. The molecule has 0 aliphatic rings. The van der Waals surface area contributed by atoms with Gasteiger partial charge >= 0.3 is 5.97 Å². The minimum Gasteiger partial charge on any atom is -0.479 e. The molecule has 5 nitrogen and oxygen atoms in total. The lowest BCUT2D eigenvalue weighted by Gasteiger charge is -2.13. The standard InChI is InChI=1S/C31H40N2O3/c1-4-6-7-8-9-10-11-12-13-25-14-16-27(17-15-25)30-32-22-28(23-33-30)26-18-20-29(21-19-26)36-24(3)31(34)35-5-2/h14-24H,4-13H2,1-3H3. The maximum atomic E-state index is 11.7. The van der Waals surface area contributed by atoms with Crippen LogP contribution < -0.4 is 4.74 Å². The molecule has 1 atom stereocenters. The summed E-state index contributed by atoms with van der Waals surface area (Å²) < 4.78 is 10.6. The molecule has 1 unspecified atom stereocenters. The van der Waals surface area contributed by atoms with Crippen molar-refractivity contribution in [1.82, 2.24) is 9.97 Å². The molecule has 0 saturated heterocycles. The highest BCUT2D eigenvalue weighted by Crippen LogP contribution is 2.24. The lowest BCUT2D eigenvalue weighted by molar-refractivity contribution is -0.150. The van der Waals surface area contributed by atoms with E-state index in [1.165, 1.54) is 56.9 Å². The minimum absolute atomic E-state index is 0.338. The summed E-state index contributed by atoms with van der Waals surface area (Å²) in [6.07, 6.45) is 14.9. The molecular formula is C31H40N2O3. The van der Waals surface area contributed by atoms with E-state index in [0.717, 1.165) is 28.9 Å². The van der Waals surface area contributed by atoms with Crippen LogP contribution in [0.25, 0.3) is 22.5 Å². The second-order valence-electron chi connectivity index (χ2n) is 9.25. The van der Waals surface area contributed by atoms with Crippen molar-refractivity contribution in [2.24, 2.45) is 0 Å². The van der Waals surface area contributed by atoms with Gasteiger partial charge in [-0.1, -0.05) is 88.3 Å². The van der Waals surface area contributed by atoms with Crippen molar-refractivity contribution in [2.45, 2.75) is 84.7 Å². The summed E-state index contributed by atoms with van der Waals surface area (Å²) in [4.78, 5) is 20.9. The summed E-state index contributed by atoms with van der Waals surface area (Å²) >= 11 is 0. The van der Waals surface area contributed by atoms with Gasteiger partial charge in [-0.3, -0.25) is 0 Å². The number of carbonyl (C=O) groups excluding carboxylic acids is 1. The van der Waals surface area contributed by atoms with Gasteiger partial charge in [0.2, 0.25) is 0 Å². The van der Waals surface area contributed by atoms with Crippen LogP contribution in [0.2, 0.25) is 0 Å². The Morgan fingerprint density at radius 1 is 0.750 bits per heavy atom. The van der Waals surface area contributed by atoms with E-state index in [1.54, 1.807) is 13.8 Å². The Kier molecular flexibility index (Phi) is 11.4. The average molecular weight is 489 g/mol. The zero-order valence-corrected chi connectivity index (χ0v) is 22.0. The van der Waals surface area contributed by atoms with Gasteiger partial charge < -0.3 is 9.47 Å². The van der Waals surface area contributed by atoms with Crippen LogP contribution in [-0.2, 0) is 16.0 Å². The quantitative estimate of drug-likeness (QED) is 0.161. The van der Waals surface area contributed by atoms with Crippen molar-refractivity contribution in [1.29, 1.82) is 0 Å². The first kappa shape index (κ1) is 27.4. The Bertz CT molecular complexity index is 1030. The molecule has 0 aliphatic carbocycles. The van der Waals surface area contributed by atoms with Crippen LogP contribution in [0.15, 0.2) is 60.9 Å². The monoisotopic (exact) mass is 488 g/mol. The molecule has 0 bridgehead atoms. The number of aromatic nitrogens is 2. The molecule has 0 radical (unpaired) electrons. The van der Waals surface area contributed by atoms with Crippen LogP contribution >= 0.6 is 0 Å². The summed E-state index contributed by atoms with van der Waals surface area (Å²) in [6.45, 7) is 6.06. The molecule has 36 heavy (non-hydrogen) atoms. The maximum absolute atomic E-state index is 11.7. The average Bonchev–Trinajstić information content (AvgIpc) is 2.91. The number of hydrogen-bond donors (Lipinski definition) is 0. The smallest absolute Gasteiger partial charge is 0.347 e. The lowest BCUT2D eigenvalue weighted by Crippen LogP contribution is -2.25. The fourth-order valence-corrected chi connectivity index (χ4v) is 4.15. The highest BCUT2D eigenvalue weighted by molar-refractivity contribution is 5.74. The van der Waals surface area contributed by atoms with E-state index in [2.05, 4.69) is 41.2 Å². The number of rotatable bonds is 15. The highest BCUT2D eigenvalue weighted by atomic mass is 16.6. The van der Waals surface area contributed by atoms with E-state index >= 15 is 0 Å². The van der Waals surface area contributed by atoms with Crippen LogP contribution in [0, 0.1) is 0 Å². The summed E-state index contributed by atoms with van der Waals surface area (Å²) in [5.74, 6) is 0.969. The molecule has 0 fully saturated rings. The molecule has 2 aromatic carbocycles. The van der Waals surface area contributed by atoms with Gasteiger partial charge in [0.15, 0.2) is 11.9 Å². The third-order valence-corrected chi connectivity index (χ3v) is 6.30. The number of ether oxygens (including phenoxy) is 2. The largest absolute Gasteiger partial charge is 0.479 e. The van der Waals surface area contributed by atoms with Gasteiger partial charge in [-0.15, -0.1) is 0 Å². The zero-order valence-electron chi connectivity index (χ0n) is 22.0. The van der Waals surface area contributed by atoms with E-state index in [-0.39, 0.29) is 5.97 Å². The van der Waals surface area contributed by atoms with Gasteiger partial charge in [0.05, 0.1) is 6.61 Å². The van der Waals surface area contributed by atoms with E-state index in [9.17, 15) is 4.79 Å².